The number of Topliss-reactive ketones (excluding diaryl/α,β-unsaturated/α-hetero) is 1. The SMILES string of the molecule is CC(=O)/C(Cl)=C\N=c1\ccc(-c2cnc(OCCn3cccn3)c(NS(=O)(=O)c3ccc(F)cc3F)c2)c[nH]1. The summed E-state index contributed by atoms with van der Waals surface area (Å²) in [7, 11) is -4.48. The van der Waals surface area contributed by atoms with Crippen molar-refractivity contribution in [1.29, 1.82) is 0 Å². The van der Waals surface area contributed by atoms with Crippen LogP contribution in [0.1, 0.15) is 6.92 Å². The van der Waals surface area contributed by atoms with Crippen LogP contribution in [0.5, 0.6) is 5.88 Å². The van der Waals surface area contributed by atoms with Gasteiger partial charge in [-0.1, -0.05) is 11.6 Å². The Morgan fingerprint density at radius 1 is 1.23 bits per heavy atom. The van der Waals surface area contributed by atoms with E-state index in [-0.39, 0.29) is 29.0 Å². The quantitative estimate of drug-likeness (QED) is 0.275. The number of nitrogens with zero attached hydrogens (tertiary/aromatic N) is 4. The molecule has 3 aromatic heterocycles. The van der Waals surface area contributed by atoms with Gasteiger partial charge in [0, 0.05) is 43.3 Å². The van der Waals surface area contributed by atoms with Gasteiger partial charge in [-0.05, 0) is 42.0 Å². The number of benzene rings is 1. The van der Waals surface area contributed by atoms with Crippen molar-refractivity contribution in [3.63, 3.8) is 0 Å². The van der Waals surface area contributed by atoms with Gasteiger partial charge in [-0.3, -0.25) is 14.2 Å². The zero-order valence-corrected chi connectivity index (χ0v) is 21.9. The number of sulfonamides is 1. The first-order valence-electron chi connectivity index (χ1n) is 11.3. The number of hydrogen-bond acceptors (Lipinski definition) is 7. The van der Waals surface area contributed by atoms with Crippen molar-refractivity contribution in [2.45, 2.75) is 18.4 Å². The van der Waals surface area contributed by atoms with E-state index < -0.39 is 26.6 Å². The monoisotopic (exact) mass is 574 g/mol. The Morgan fingerprint density at radius 3 is 2.72 bits per heavy atom. The van der Waals surface area contributed by atoms with Gasteiger partial charge in [0.1, 0.15) is 39.3 Å². The van der Waals surface area contributed by atoms with Gasteiger partial charge in [0.15, 0.2) is 5.78 Å². The molecule has 2 N–H and O–H groups in total. The number of ether oxygens (including phenoxy) is 1. The number of allylic oxidation sites excluding steroid dienone is 1. The van der Waals surface area contributed by atoms with Gasteiger partial charge in [-0.15, -0.1) is 0 Å². The Hall–Kier alpha value is -4.36. The molecule has 0 unspecified atom stereocenters. The molecule has 0 aliphatic carbocycles. The summed E-state index contributed by atoms with van der Waals surface area (Å²) in [5.74, 6) is -2.55. The minimum Gasteiger partial charge on any atom is -0.474 e. The summed E-state index contributed by atoms with van der Waals surface area (Å²) < 4.78 is 63.2. The number of aromatic amines is 1. The van der Waals surface area contributed by atoms with Crippen molar-refractivity contribution in [3.8, 4) is 17.0 Å². The van der Waals surface area contributed by atoms with Crippen LogP contribution in [0.4, 0.5) is 14.5 Å². The van der Waals surface area contributed by atoms with Crippen LogP contribution in [-0.2, 0) is 21.4 Å². The molecule has 0 saturated heterocycles. The average Bonchev–Trinajstić information content (AvgIpc) is 3.41. The van der Waals surface area contributed by atoms with Crippen LogP contribution in [0.15, 0.2) is 88.4 Å². The Bertz CT molecular complexity index is 1690. The van der Waals surface area contributed by atoms with Crippen molar-refractivity contribution in [2.75, 3.05) is 11.3 Å². The minimum absolute atomic E-state index is 0.0330. The topological polar surface area (TPSA) is 131 Å². The lowest BCUT2D eigenvalue weighted by atomic mass is 10.1. The molecule has 0 radical (unpaired) electrons. The Kier molecular flexibility index (Phi) is 8.52. The van der Waals surface area contributed by atoms with E-state index in [1.54, 1.807) is 41.5 Å². The first-order chi connectivity index (χ1) is 18.6. The van der Waals surface area contributed by atoms with E-state index in [2.05, 4.69) is 24.8 Å². The number of halogens is 3. The summed E-state index contributed by atoms with van der Waals surface area (Å²) in [5.41, 5.74) is 1.41. The van der Waals surface area contributed by atoms with E-state index in [1.807, 2.05) is 0 Å². The van der Waals surface area contributed by atoms with Gasteiger partial charge in [0.2, 0.25) is 5.88 Å². The predicted molar refractivity (Wildman–Crippen MR) is 139 cm³/mol. The zero-order valence-electron chi connectivity index (χ0n) is 20.3. The fourth-order valence-corrected chi connectivity index (χ4v) is 4.41. The molecule has 4 rings (SSSR count). The van der Waals surface area contributed by atoms with Crippen molar-refractivity contribution in [1.82, 2.24) is 19.7 Å². The highest BCUT2D eigenvalue weighted by atomic mass is 35.5. The molecule has 3 heterocycles. The van der Waals surface area contributed by atoms with E-state index in [0.717, 1.165) is 12.1 Å². The van der Waals surface area contributed by atoms with Gasteiger partial charge in [-0.25, -0.2) is 27.2 Å². The first kappa shape index (κ1) is 27.7. The summed E-state index contributed by atoms with van der Waals surface area (Å²) in [4.78, 5) is 21.8. The van der Waals surface area contributed by atoms with Crippen LogP contribution in [-0.4, -0.2) is 40.6 Å². The molecular weight excluding hydrogens is 554 g/mol. The van der Waals surface area contributed by atoms with Crippen molar-refractivity contribution in [2.24, 2.45) is 4.99 Å². The van der Waals surface area contributed by atoms with Gasteiger partial charge in [0.25, 0.3) is 10.0 Å². The molecule has 0 amide bonds. The lowest BCUT2D eigenvalue weighted by Gasteiger charge is -2.15. The van der Waals surface area contributed by atoms with Gasteiger partial charge in [0.05, 0.1) is 12.7 Å². The summed E-state index contributed by atoms with van der Waals surface area (Å²) in [6.45, 7) is 1.78. The molecular formula is C25H21ClF2N6O4S. The highest BCUT2D eigenvalue weighted by molar-refractivity contribution is 7.92. The third-order valence-electron chi connectivity index (χ3n) is 5.18. The van der Waals surface area contributed by atoms with Crippen LogP contribution in [0.3, 0.4) is 0 Å². The first-order valence-corrected chi connectivity index (χ1v) is 13.2. The fourth-order valence-electron chi connectivity index (χ4n) is 3.25. The number of nitrogens with one attached hydrogen (secondary N) is 2. The lowest BCUT2D eigenvalue weighted by molar-refractivity contribution is -0.113. The zero-order chi connectivity index (χ0) is 28.0. The van der Waals surface area contributed by atoms with Crippen LogP contribution in [0.25, 0.3) is 11.1 Å². The van der Waals surface area contributed by atoms with Crippen LogP contribution in [0.2, 0.25) is 0 Å². The van der Waals surface area contributed by atoms with Crippen LogP contribution >= 0.6 is 11.6 Å². The van der Waals surface area contributed by atoms with Gasteiger partial charge in [-0.2, -0.15) is 5.10 Å². The Balaban J connectivity index is 1.66. The second-order valence-corrected chi connectivity index (χ2v) is 10.1. The summed E-state index contributed by atoms with van der Waals surface area (Å²) >= 11 is 5.79. The third kappa shape index (κ3) is 7.15. The Morgan fingerprint density at radius 2 is 2.05 bits per heavy atom. The van der Waals surface area contributed by atoms with Crippen molar-refractivity contribution >= 4 is 33.1 Å². The normalized spacial score (nSPS) is 12.4. The molecule has 14 heteroatoms. The maximum atomic E-state index is 14.3. The summed E-state index contributed by atoms with van der Waals surface area (Å²) in [6.07, 6.45) is 7.60. The number of hydrogen-bond donors (Lipinski definition) is 2. The van der Waals surface area contributed by atoms with Crippen LogP contribution < -0.4 is 14.9 Å². The summed E-state index contributed by atoms with van der Waals surface area (Å²) in [5, 5.41) is 4.04. The molecule has 202 valence electrons. The van der Waals surface area contributed by atoms with E-state index in [9.17, 15) is 22.0 Å². The fraction of sp³-hybridized carbons (Fsp3) is 0.120. The number of ketones is 1. The van der Waals surface area contributed by atoms with Gasteiger partial charge >= 0.3 is 0 Å². The predicted octanol–water partition coefficient (Wildman–Crippen LogP) is 4.00. The van der Waals surface area contributed by atoms with Crippen molar-refractivity contribution in [3.05, 3.63) is 95.6 Å². The second-order valence-electron chi connectivity index (χ2n) is 8.00. The standard InChI is InChI=1S/C25H21ClF2N6O4S/c1-16(35)20(26)15-30-24-6-3-17(13-29-24)18-11-22(25(31-14-18)38-10-9-34-8-2-7-32-34)33-39(36,37)23-5-4-19(27)12-21(23)28/h2-8,11-15,33H,9-10H2,1H3,(H,29,30)/b20-15+. The molecule has 0 spiro atoms. The molecule has 0 aliphatic heterocycles. The molecule has 0 atom stereocenters. The highest BCUT2D eigenvalue weighted by Crippen LogP contribution is 2.30. The van der Waals surface area contributed by atoms with E-state index >= 15 is 0 Å². The average molecular weight is 575 g/mol. The number of anilines is 1. The minimum atomic E-state index is -4.48. The molecule has 10 nitrogen and oxygen atoms in total. The molecule has 0 saturated carbocycles. The molecule has 4 aromatic rings. The smallest absolute Gasteiger partial charge is 0.264 e. The maximum Gasteiger partial charge on any atom is 0.264 e. The number of aromatic nitrogens is 4. The highest BCUT2D eigenvalue weighted by Gasteiger charge is 2.22. The molecule has 0 bridgehead atoms. The number of rotatable bonds is 10. The second kappa shape index (κ2) is 12.0. The molecule has 1 aromatic carbocycles. The van der Waals surface area contributed by atoms with Crippen LogP contribution in [0, 0.1) is 11.6 Å². The number of pyridine rings is 2. The van der Waals surface area contributed by atoms with E-state index in [0.29, 0.717) is 29.2 Å². The number of H-pyrrole nitrogens is 1. The molecule has 0 aliphatic rings. The number of carbonyl (C=O) groups is 1. The number of carbonyl (C=O) groups excluding carboxylic acids is 1. The van der Waals surface area contributed by atoms with E-state index in [1.165, 1.54) is 25.4 Å². The third-order valence-corrected chi connectivity index (χ3v) is 6.94. The largest absolute Gasteiger partial charge is 0.474 e. The maximum absolute atomic E-state index is 14.3. The lowest BCUT2D eigenvalue weighted by Crippen LogP contribution is -2.17. The Labute approximate surface area is 226 Å². The molecule has 0 fully saturated rings. The molecule has 39 heavy (non-hydrogen) atoms. The summed E-state index contributed by atoms with van der Waals surface area (Å²) in [6, 6.07) is 8.64. The van der Waals surface area contributed by atoms with Crippen molar-refractivity contribution < 1.29 is 26.7 Å². The van der Waals surface area contributed by atoms with Gasteiger partial charge < -0.3 is 9.72 Å². The van der Waals surface area contributed by atoms with E-state index in [4.69, 9.17) is 16.3 Å².